The Morgan fingerprint density at radius 1 is 1.13 bits per heavy atom. The summed E-state index contributed by atoms with van der Waals surface area (Å²) in [6.45, 7) is 1.92. The van der Waals surface area contributed by atoms with Crippen LogP contribution in [0.1, 0.15) is 31.4 Å². The van der Waals surface area contributed by atoms with Crippen molar-refractivity contribution in [3.63, 3.8) is 0 Å². The van der Waals surface area contributed by atoms with Crippen LogP contribution in [-0.4, -0.2) is 31.7 Å². The highest BCUT2D eigenvalue weighted by Gasteiger charge is 2.34. The molecule has 5 nitrogen and oxygen atoms in total. The summed E-state index contributed by atoms with van der Waals surface area (Å²) in [5.74, 6) is -2.58. The first-order valence-corrected chi connectivity index (χ1v) is 11.5. The summed E-state index contributed by atoms with van der Waals surface area (Å²) in [6, 6.07) is 7.02. The van der Waals surface area contributed by atoms with Crippen LogP contribution in [0, 0.1) is 17.6 Å². The number of hydrogen-bond acceptors (Lipinski definition) is 3. The lowest BCUT2D eigenvalue weighted by Gasteiger charge is -2.31. The van der Waals surface area contributed by atoms with E-state index in [1.165, 1.54) is 0 Å². The van der Waals surface area contributed by atoms with Gasteiger partial charge in [0.05, 0.1) is 6.04 Å². The van der Waals surface area contributed by atoms with Crippen molar-refractivity contribution in [1.82, 2.24) is 9.62 Å². The minimum Gasteiger partial charge on any atom is -0.349 e. The monoisotopic (exact) mass is 476 g/mol. The number of halogens is 4. The summed E-state index contributed by atoms with van der Waals surface area (Å²) in [4.78, 5) is 12.1. The summed E-state index contributed by atoms with van der Waals surface area (Å²) >= 11 is 12.1. The van der Waals surface area contributed by atoms with Crippen LogP contribution in [0.5, 0.6) is 0 Å². The summed E-state index contributed by atoms with van der Waals surface area (Å²) in [5, 5.41) is 3.83. The second-order valence-corrected chi connectivity index (χ2v) is 9.90. The predicted octanol–water partition coefficient (Wildman–Crippen LogP) is 4.55. The minimum absolute atomic E-state index is 0.0628. The zero-order valence-corrected chi connectivity index (χ0v) is 18.4. The molecule has 1 aliphatic rings. The standard InChI is InChI=1S/C20H20Cl2F2N2O3S/c1-12(16-4-2-14(21)10-17(16)22)25-20(27)13-6-8-26(9-7-13)30(28,29)19-5-3-15(23)11-18(19)24/h2-5,10-13H,6-9H2,1H3,(H,25,27). The van der Waals surface area contributed by atoms with Gasteiger partial charge in [0.1, 0.15) is 16.5 Å². The van der Waals surface area contributed by atoms with Crippen molar-refractivity contribution in [2.75, 3.05) is 13.1 Å². The SMILES string of the molecule is CC(NC(=O)C1CCN(S(=O)(=O)c2ccc(F)cc2F)CC1)c1ccc(Cl)cc1Cl. The van der Waals surface area contributed by atoms with Gasteiger partial charge in [0.2, 0.25) is 15.9 Å². The lowest BCUT2D eigenvalue weighted by molar-refractivity contribution is -0.126. The molecule has 0 spiro atoms. The fourth-order valence-electron chi connectivity index (χ4n) is 3.44. The van der Waals surface area contributed by atoms with E-state index in [-0.39, 0.29) is 43.8 Å². The first-order valence-electron chi connectivity index (χ1n) is 9.30. The molecular weight excluding hydrogens is 457 g/mol. The van der Waals surface area contributed by atoms with Gasteiger partial charge in [-0.15, -0.1) is 0 Å². The fraction of sp³-hybridized carbons (Fsp3) is 0.350. The maximum Gasteiger partial charge on any atom is 0.245 e. The van der Waals surface area contributed by atoms with Crippen molar-refractivity contribution in [2.24, 2.45) is 5.92 Å². The molecule has 1 saturated heterocycles. The van der Waals surface area contributed by atoms with E-state index in [4.69, 9.17) is 23.2 Å². The quantitative estimate of drug-likeness (QED) is 0.688. The van der Waals surface area contributed by atoms with Crippen LogP contribution in [0.3, 0.4) is 0 Å². The summed E-state index contributed by atoms with van der Waals surface area (Å²) < 4.78 is 53.5. The van der Waals surface area contributed by atoms with Gasteiger partial charge < -0.3 is 5.32 Å². The van der Waals surface area contributed by atoms with E-state index >= 15 is 0 Å². The summed E-state index contributed by atoms with van der Waals surface area (Å²) in [6.07, 6.45) is 0.573. The Labute approximate surface area is 184 Å². The van der Waals surface area contributed by atoms with Crippen molar-refractivity contribution >= 4 is 39.1 Å². The van der Waals surface area contributed by atoms with Crippen LogP contribution < -0.4 is 5.32 Å². The molecule has 0 bridgehead atoms. The lowest BCUT2D eigenvalue weighted by atomic mass is 9.96. The molecule has 1 amide bonds. The van der Waals surface area contributed by atoms with Crippen molar-refractivity contribution in [3.8, 4) is 0 Å². The van der Waals surface area contributed by atoms with Crippen LogP contribution in [0.25, 0.3) is 0 Å². The number of amides is 1. The van der Waals surface area contributed by atoms with E-state index < -0.39 is 26.6 Å². The first kappa shape index (κ1) is 22.9. The van der Waals surface area contributed by atoms with Crippen molar-refractivity contribution in [2.45, 2.75) is 30.7 Å². The number of carbonyl (C=O) groups is 1. The van der Waals surface area contributed by atoms with Crippen LogP contribution in [0.2, 0.25) is 10.0 Å². The third-order valence-corrected chi connectivity index (χ3v) is 7.62. The Morgan fingerprint density at radius 2 is 1.80 bits per heavy atom. The molecule has 2 aromatic rings. The van der Waals surface area contributed by atoms with Gasteiger partial charge in [0.25, 0.3) is 0 Å². The molecule has 1 unspecified atom stereocenters. The molecule has 1 N–H and O–H groups in total. The zero-order chi connectivity index (χ0) is 22.1. The maximum atomic E-state index is 13.9. The highest BCUT2D eigenvalue weighted by molar-refractivity contribution is 7.89. The molecule has 1 atom stereocenters. The topological polar surface area (TPSA) is 66.5 Å². The van der Waals surface area contributed by atoms with Gasteiger partial charge >= 0.3 is 0 Å². The molecule has 3 rings (SSSR count). The van der Waals surface area contributed by atoms with Crippen LogP contribution in [0.15, 0.2) is 41.3 Å². The van der Waals surface area contributed by atoms with E-state index in [9.17, 15) is 22.0 Å². The molecule has 0 aliphatic carbocycles. The third-order valence-electron chi connectivity index (χ3n) is 5.12. The van der Waals surface area contributed by atoms with E-state index in [1.54, 1.807) is 25.1 Å². The molecule has 0 radical (unpaired) electrons. The van der Waals surface area contributed by atoms with E-state index in [0.717, 1.165) is 22.0 Å². The molecule has 10 heteroatoms. The summed E-state index contributed by atoms with van der Waals surface area (Å²) in [5.41, 5.74) is 0.723. The molecule has 1 fully saturated rings. The van der Waals surface area contributed by atoms with Crippen molar-refractivity contribution in [3.05, 3.63) is 63.6 Å². The normalized spacial score (nSPS) is 17.0. The van der Waals surface area contributed by atoms with Gasteiger partial charge in [-0.2, -0.15) is 4.31 Å². The molecule has 1 aliphatic heterocycles. The lowest BCUT2D eigenvalue weighted by Crippen LogP contribution is -2.43. The largest absolute Gasteiger partial charge is 0.349 e. The number of sulfonamides is 1. The van der Waals surface area contributed by atoms with Gasteiger partial charge in [0, 0.05) is 35.1 Å². The van der Waals surface area contributed by atoms with Gasteiger partial charge in [0.15, 0.2) is 0 Å². The molecule has 1 heterocycles. The highest BCUT2D eigenvalue weighted by Crippen LogP contribution is 2.28. The van der Waals surface area contributed by atoms with E-state index in [2.05, 4.69) is 5.32 Å². The number of hydrogen-bond donors (Lipinski definition) is 1. The fourth-order valence-corrected chi connectivity index (χ4v) is 5.53. The minimum atomic E-state index is -4.10. The van der Waals surface area contributed by atoms with E-state index in [1.807, 2.05) is 0 Å². The van der Waals surface area contributed by atoms with Gasteiger partial charge in [-0.3, -0.25) is 4.79 Å². The molecule has 30 heavy (non-hydrogen) atoms. The Bertz CT molecular complexity index is 1060. The molecule has 162 valence electrons. The van der Waals surface area contributed by atoms with Crippen molar-refractivity contribution < 1.29 is 22.0 Å². The number of benzene rings is 2. The summed E-state index contributed by atoms with van der Waals surface area (Å²) in [7, 11) is -4.10. The molecule has 0 saturated carbocycles. The first-order chi connectivity index (χ1) is 14.1. The maximum absolute atomic E-state index is 13.9. The van der Waals surface area contributed by atoms with Crippen LogP contribution >= 0.6 is 23.2 Å². The Kier molecular flexibility index (Phi) is 7.02. The van der Waals surface area contributed by atoms with E-state index in [0.29, 0.717) is 16.1 Å². The number of carbonyl (C=O) groups excluding carboxylic acids is 1. The van der Waals surface area contributed by atoms with Gasteiger partial charge in [-0.05, 0) is 49.6 Å². The van der Waals surface area contributed by atoms with Gasteiger partial charge in [-0.1, -0.05) is 29.3 Å². The van der Waals surface area contributed by atoms with Crippen LogP contribution in [0.4, 0.5) is 8.78 Å². The third kappa shape index (κ3) is 4.94. The average Bonchev–Trinajstić information content (AvgIpc) is 2.67. The molecule has 2 aromatic carbocycles. The van der Waals surface area contributed by atoms with Crippen LogP contribution in [-0.2, 0) is 14.8 Å². The molecule has 0 aromatic heterocycles. The molecular formula is C20H20Cl2F2N2O3S. The number of piperidine rings is 1. The number of nitrogens with zero attached hydrogens (tertiary/aromatic N) is 1. The highest BCUT2D eigenvalue weighted by atomic mass is 35.5. The Hall–Kier alpha value is -1.74. The number of rotatable bonds is 5. The average molecular weight is 477 g/mol. The predicted molar refractivity (Wildman–Crippen MR) is 111 cm³/mol. The second kappa shape index (κ2) is 9.18. The van der Waals surface area contributed by atoms with Gasteiger partial charge in [-0.25, -0.2) is 17.2 Å². The smallest absolute Gasteiger partial charge is 0.245 e. The zero-order valence-electron chi connectivity index (χ0n) is 16.0. The second-order valence-electron chi connectivity index (χ2n) is 7.15. The Morgan fingerprint density at radius 3 is 2.40 bits per heavy atom. The van der Waals surface area contributed by atoms with Crippen molar-refractivity contribution in [1.29, 1.82) is 0 Å². The number of nitrogens with one attached hydrogen (secondary N) is 1. The Balaban J connectivity index is 1.62.